The van der Waals surface area contributed by atoms with Gasteiger partial charge in [-0.3, -0.25) is 14.5 Å². The molecule has 6 nitrogen and oxygen atoms in total. The van der Waals surface area contributed by atoms with Crippen molar-refractivity contribution in [1.82, 2.24) is 14.8 Å². The van der Waals surface area contributed by atoms with Crippen molar-refractivity contribution in [3.63, 3.8) is 0 Å². The maximum Gasteiger partial charge on any atom is 0.325 e. The van der Waals surface area contributed by atoms with E-state index in [2.05, 4.69) is 32.8 Å². The first-order chi connectivity index (χ1) is 14.1. The topological polar surface area (TPSA) is 63.6 Å². The van der Waals surface area contributed by atoms with Gasteiger partial charge in [0.1, 0.15) is 12.2 Å². The largest absolute Gasteiger partial charge is 0.468 e. The molecule has 0 unspecified atom stereocenters. The number of thiocarbonyl (C=S) groups is 1. The fraction of sp³-hybridized carbons (Fsp3) is 0.136. The van der Waals surface area contributed by atoms with Gasteiger partial charge in [0.2, 0.25) is 0 Å². The van der Waals surface area contributed by atoms with E-state index in [9.17, 15) is 9.59 Å². The zero-order chi connectivity index (χ0) is 20.4. The van der Waals surface area contributed by atoms with Gasteiger partial charge < -0.3 is 14.6 Å². The number of nitrogens with zero attached hydrogens (tertiary/aromatic N) is 2. The second kappa shape index (κ2) is 7.89. The summed E-state index contributed by atoms with van der Waals surface area (Å²) in [5, 5.41) is 4.13. The van der Waals surface area contributed by atoms with Crippen molar-refractivity contribution in [3.8, 4) is 0 Å². The van der Waals surface area contributed by atoms with Crippen molar-refractivity contribution in [1.29, 1.82) is 0 Å². The van der Waals surface area contributed by atoms with E-state index in [1.165, 1.54) is 17.6 Å². The minimum absolute atomic E-state index is 0.194. The number of hydrogen-bond acceptors (Lipinski definition) is 4. The second-order valence-corrected chi connectivity index (χ2v) is 7.06. The highest BCUT2D eigenvalue weighted by atomic mass is 32.1. The highest BCUT2D eigenvalue weighted by molar-refractivity contribution is 7.80. The van der Waals surface area contributed by atoms with Gasteiger partial charge in [-0.2, -0.15) is 0 Å². The number of hydrogen-bond donors (Lipinski definition) is 1. The molecule has 1 N–H and O–H groups in total. The van der Waals surface area contributed by atoms with Crippen molar-refractivity contribution in [3.05, 3.63) is 77.6 Å². The molecule has 1 aliphatic heterocycles. The molecule has 29 heavy (non-hydrogen) atoms. The fourth-order valence-corrected chi connectivity index (χ4v) is 3.62. The Morgan fingerprint density at radius 2 is 1.86 bits per heavy atom. The van der Waals surface area contributed by atoms with Crippen LogP contribution in [0.15, 0.2) is 66.5 Å². The number of benzene rings is 2. The molecule has 146 valence electrons. The predicted octanol–water partition coefficient (Wildman–Crippen LogP) is 2.92. The molecule has 0 aliphatic carbocycles. The Labute approximate surface area is 173 Å². The van der Waals surface area contributed by atoms with Crippen LogP contribution in [-0.2, 0) is 20.9 Å². The SMILES string of the molecule is COC(=O)CN1C(=O)/C(=C/c2cn(Cc3ccccc3)c3ccccc23)NC1=S. The van der Waals surface area contributed by atoms with E-state index >= 15 is 0 Å². The second-order valence-electron chi connectivity index (χ2n) is 6.67. The van der Waals surface area contributed by atoms with E-state index in [1.807, 2.05) is 42.6 Å². The van der Waals surface area contributed by atoms with Gasteiger partial charge in [0.15, 0.2) is 5.11 Å². The number of amides is 1. The smallest absolute Gasteiger partial charge is 0.325 e. The van der Waals surface area contributed by atoms with Crippen LogP contribution in [0.25, 0.3) is 17.0 Å². The number of para-hydroxylation sites is 1. The third kappa shape index (κ3) is 3.77. The minimum Gasteiger partial charge on any atom is -0.468 e. The van der Waals surface area contributed by atoms with Gasteiger partial charge in [0.05, 0.1) is 7.11 Å². The summed E-state index contributed by atoms with van der Waals surface area (Å²) in [6, 6.07) is 18.2. The van der Waals surface area contributed by atoms with Crippen LogP contribution >= 0.6 is 12.2 Å². The van der Waals surface area contributed by atoms with Crippen molar-refractivity contribution in [2.45, 2.75) is 6.54 Å². The molecule has 7 heteroatoms. The molecule has 0 saturated carbocycles. The fourth-order valence-electron chi connectivity index (χ4n) is 3.37. The molecule has 1 fully saturated rings. The van der Waals surface area contributed by atoms with Crippen LogP contribution in [0.5, 0.6) is 0 Å². The Balaban J connectivity index is 1.69. The van der Waals surface area contributed by atoms with Gasteiger partial charge in [0, 0.05) is 29.2 Å². The lowest BCUT2D eigenvalue weighted by Crippen LogP contribution is -2.35. The molecule has 0 radical (unpaired) electrons. The van der Waals surface area contributed by atoms with E-state index in [-0.39, 0.29) is 17.6 Å². The Morgan fingerprint density at radius 3 is 2.62 bits per heavy atom. The molecule has 1 saturated heterocycles. The summed E-state index contributed by atoms with van der Waals surface area (Å²) in [7, 11) is 1.28. The summed E-state index contributed by atoms with van der Waals surface area (Å²) in [6.45, 7) is 0.507. The third-order valence-corrected chi connectivity index (χ3v) is 5.11. The van der Waals surface area contributed by atoms with Crippen molar-refractivity contribution in [2.24, 2.45) is 0 Å². The Hall–Kier alpha value is -3.45. The lowest BCUT2D eigenvalue weighted by molar-refractivity contribution is -0.143. The Bertz CT molecular complexity index is 1130. The molecule has 0 bridgehead atoms. The first-order valence-corrected chi connectivity index (χ1v) is 9.51. The standard InChI is InChI=1S/C22H19N3O3S/c1-28-20(26)14-25-21(27)18(23-22(25)29)11-16-13-24(12-15-7-3-2-4-8-15)19-10-6-5-9-17(16)19/h2-11,13H,12,14H2,1H3,(H,23,29)/b18-11-. The van der Waals surface area contributed by atoms with Crippen molar-refractivity contribution in [2.75, 3.05) is 13.7 Å². The van der Waals surface area contributed by atoms with E-state index in [0.29, 0.717) is 5.70 Å². The number of carbonyl (C=O) groups is 2. The minimum atomic E-state index is -0.525. The number of rotatable bonds is 5. The summed E-state index contributed by atoms with van der Waals surface area (Å²) in [4.78, 5) is 25.5. The molecule has 0 atom stereocenters. The molecular weight excluding hydrogens is 386 g/mol. The highest BCUT2D eigenvalue weighted by Gasteiger charge is 2.32. The number of nitrogens with one attached hydrogen (secondary N) is 1. The summed E-state index contributed by atoms with van der Waals surface area (Å²) in [6.07, 6.45) is 3.79. The van der Waals surface area contributed by atoms with Crippen LogP contribution in [0.2, 0.25) is 0 Å². The number of fused-ring (bicyclic) bond motifs is 1. The summed E-state index contributed by atoms with van der Waals surface area (Å²) >= 11 is 5.21. The maximum absolute atomic E-state index is 12.7. The Morgan fingerprint density at radius 1 is 1.14 bits per heavy atom. The van der Waals surface area contributed by atoms with Crippen molar-refractivity contribution < 1.29 is 14.3 Å². The molecule has 1 aliphatic rings. The van der Waals surface area contributed by atoms with Crippen LogP contribution in [0.1, 0.15) is 11.1 Å². The monoisotopic (exact) mass is 405 g/mol. The molecule has 2 aromatic carbocycles. The first kappa shape index (κ1) is 18.9. The molecular formula is C22H19N3O3S. The third-order valence-electron chi connectivity index (χ3n) is 4.79. The highest BCUT2D eigenvalue weighted by Crippen LogP contribution is 2.25. The van der Waals surface area contributed by atoms with Crippen LogP contribution in [0.3, 0.4) is 0 Å². The van der Waals surface area contributed by atoms with Crippen LogP contribution < -0.4 is 5.32 Å². The molecule has 0 spiro atoms. The Kier molecular flexibility index (Phi) is 5.14. The van der Waals surface area contributed by atoms with Crippen LogP contribution in [-0.4, -0.2) is 40.1 Å². The molecule has 1 amide bonds. The number of ether oxygens (including phenoxy) is 1. The molecule has 4 rings (SSSR count). The molecule has 1 aromatic heterocycles. The quantitative estimate of drug-likeness (QED) is 0.402. The summed E-state index contributed by atoms with van der Waals surface area (Å²) in [5.74, 6) is -0.872. The van der Waals surface area contributed by atoms with Gasteiger partial charge in [-0.15, -0.1) is 0 Å². The van der Waals surface area contributed by atoms with Crippen LogP contribution in [0, 0.1) is 0 Å². The van der Waals surface area contributed by atoms with Crippen molar-refractivity contribution >= 4 is 46.2 Å². The zero-order valence-electron chi connectivity index (χ0n) is 15.8. The summed E-state index contributed by atoms with van der Waals surface area (Å²) < 4.78 is 6.79. The number of esters is 1. The van der Waals surface area contributed by atoms with Crippen LogP contribution in [0.4, 0.5) is 0 Å². The number of methoxy groups -OCH3 is 1. The number of carbonyl (C=O) groups excluding carboxylic acids is 2. The summed E-state index contributed by atoms with van der Waals surface area (Å²) in [5.41, 5.74) is 3.49. The van der Waals surface area contributed by atoms with Gasteiger partial charge in [-0.05, 0) is 29.9 Å². The predicted molar refractivity (Wildman–Crippen MR) is 115 cm³/mol. The lowest BCUT2D eigenvalue weighted by atomic mass is 10.1. The maximum atomic E-state index is 12.7. The van der Waals surface area contributed by atoms with Gasteiger partial charge in [-0.1, -0.05) is 48.5 Å². The lowest BCUT2D eigenvalue weighted by Gasteiger charge is -2.11. The van der Waals surface area contributed by atoms with E-state index in [1.54, 1.807) is 6.08 Å². The zero-order valence-corrected chi connectivity index (χ0v) is 16.6. The van der Waals surface area contributed by atoms with Gasteiger partial charge >= 0.3 is 5.97 Å². The molecule has 3 aromatic rings. The van der Waals surface area contributed by atoms with E-state index in [0.717, 1.165) is 23.0 Å². The average Bonchev–Trinajstić information content (AvgIpc) is 3.21. The van der Waals surface area contributed by atoms with E-state index < -0.39 is 5.97 Å². The van der Waals surface area contributed by atoms with Gasteiger partial charge in [0.25, 0.3) is 5.91 Å². The number of aromatic nitrogens is 1. The van der Waals surface area contributed by atoms with Gasteiger partial charge in [-0.25, -0.2) is 0 Å². The van der Waals surface area contributed by atoms with E-state index in [4.69, 9.17) is 12.2 Å². The first-order valence-electron chi connectivity index (χ1n) is 9.10. The normalized spacial score (nSPS) is 15.2. The molecule has 2 heterocycles. The average molecular weight is 405 g/mol.